The van der Waals surface area contributed by atoms with Crippen LogP contribution in [-0.4, -0.2) is 32.7 Å². The summed E-state index contributed by atoms with van der Waals surface area (Å²) in [6.07, 6.45) is 8.70. The van der Waals surface area contributed by atoms with Crippen LogP contribution < -0.4 is 10.1 Å². The van der Waals surface area contributed by atoms with Crippen LogP contribution in [-0.2, 0) is 5.54 Å². The number of fused-ring (bicyclic) bond motifs is 1. The lowest BCUT2D eigenvalue weighted by Crippen LogP contribution is -2.59. The van der Waals surface area contributed by atoms with Gasteiger partial charge >= 0.3 is 0 Å². The lowest BCUT2D eigenvalue weighted by atomic mass is 9.98. The molecule has 30 heavy (non-hydrogen) atoms. The second-order valence-corrected chi connectivity index (χ2v) is 8.65. The Morgan fingerprint density at radius 3 is 2.63 bits per heavy atom. The molecule has 0 aliphatic heterocycles. The molecule has 2 N–H and O–H groups in total. The van der Waals surface area contributed by atoms with E-state index in [4.69, 9.17) is 15.7 Å². The third-order valence-electron chi connectivity index (χ3n) is 4.64. The van der Waals surface area contributed by atoms with Crippen molar-refractivity contribution in [3.05, 3.63) is 53.3 Å². The Morgan fingerprint density at radius 1 is 1.30 bits per heavy atom. The van der Waals surface area contributed by atoms with Crippen LogP contribution in [0.3, 0.4) is 0 Å². The van der Waals surface area contributed by atoms with Crippen molar-refractivity contribution >= 4 is 22.7 Å². The van der Waals surface area contributed by atoms with Crippen LogP contribution in [0.5, 0.6) is 5.75 Å². The molecule has 0 saturated heterocycles. The summed E-state index contributed by atoms with van der Waals surface area (Å²) >= 11 is 1.24. The number of ether oxygens (including phenoxy) is 1. The maximum atomic E-state index is 14.7. The SMILES string of the molecule is C#Cc1cnc2cc(F)c(OC(SC)C(C)(O)NC(C)(C)c3cc(C)on3)cc2c1. The van der Waals surface area contributed by atoms with E-state index < -0.39 is 22.5 Å². The molecule has 2 unspecified atom stereocenters. The van der Waals surface area contributed by atoms with Crippen molar-refractivity contribution in [2.75, 3.05) is 6.26 Å². The summed E-state index contributed by atoms with van der Waals surface area (Å²) in [7, 11) is 0. The number of nitrogens with one attached hydrogen (secondary N) is 1. The zero-order valence-corrected chi connectivity index (χ0v) is 18.3. The first kappa shape index (κ1) is 22.1. The molecule has 0 aliphatic rings. The predicted octanol–water partition coefficient (Wildman–Crippen LogP) is 3.95. The van der Waals surface area contributed by atoms with Gasteiger partial charge in [0, 0.05) is 29.3 Å². The molecule has 8 heteroatoms. The molecule has 0 radical (unpaired) electrons. The Labute approximate surface area is 179 Å². The summed E-state index contributed by atoms with van der Waals surface area (Å²) in [5.41, 5.74) is -1.42. The number of aromatic nitrogens is 2. The average molecular weight is 430 g/mol. The minimum atomic E-state index is -1.53. The van der Waals surface area contributed by atoms with Gasteiger partial charge in [-0.2, -0.15) is 0 Å². The summed E-state index contributed by atoms with van der Waals surface area (Å²) in [5.74, 6) is 2.59. The zero-order valence-electron chi connectivity index (χ0n) is 17.5. The number of halogens is 1. The molecule has 0 saturated carbocycles. The number of hydrogen-bond acceptors (Lipinski definition) is 7. The van der Waals surface area contributed by atoms with Gasteiger partial charge in [-0.05, 0) is 46.1 Å². The fraction of sp³-hybridized carbons (Fsp3) is 0.364. The zero-order chi connectivity index (χ0) is 22.1. The molecular formula is C22H24FN3O3S. The largest absolute Gasteiger partial charge is 0.472 e. The third kappa shape index (κ3) is 4.59. The van der Waals surface area contributed by atoms with E-state index in [1.54, 1.807) is 32.2 Å². The van der Waals surface area contributed by atoms with Crippen LogP contribution in [0.2, 0.25) is 0 Å². The summed E-state index contributed by atoms with van der Waals surface area (Å²) in [5, 5.41) is 19.0. The van der Waals surface area contributed by atoms with E-state index in [9.17, 15) is 9.50 Å². The van der Waals surface area contributed by atoms with Gasteiger partial charge in [-0.3, -0.25) is 10.3 Å². The Bertz CT molecular complexity index is 1100. The van der Waals surface area contributed by atoms with Crippen LogP contribution in [0.4, 0.5) is 4.39 Å². The van der Waals surface area contributed by atoms with Gasteiger partial charge in [0.05, 0.1) is 11.1 Å². The Hall–Kier alpha value is -2.60. The van der Waals surface area contributed by atoms with Gasteiger partial charge in [-0.1, -0.05) is 11.1 Å². The van der Waals surface area contributed by atoms with Crippen molar-refractivity contribution in [2.45, 2.75) is 44.4 Å². The highest BCUT2D eigenvalue weighted by Crippen LogP contribution is 2.32. The molecule has 0 amide bonds. The van der Waals surface area contributed by atoms with E-state index in [2.05, 4.69) is 21.4 Å². The molecule has 0 bridgehead atoms. The van der Waals surface area contributed by atoms with Gasteiger partial charge in [-0.15, -0.1) is 18.2 Å². The van der Waals surface area contributed by atoms with Gasteiger partial charge in [0.1, 0.15) is 11.5 Å². The number of terminal acetylenes is 1. The number of nitrogens with zero attached hydrogens (tertiary/aromatic N) is 2. The monoisotopic (exact) mass is 429 g/mol. The smallest absolute Gasteiger partial charge is 0.186 e. The van der Waals surface area contributed by atoms with E-state index in [1.165, 1.54) is 30.1 Å². The lowest BCUT2D eigenvalue weighted by molar-refractivity contribution is -0.0563. The molecule has 0 fully saturated rings. The predicted molar refractivity (Wildman–Crippen MR) is 116 cm³/mol. The number of pyridine rings is 1. The standard InChI is InChI=1S/C22H24FN3O3S/c1-7-14-9-15-10-18(16(23)11-17(15)24-12-14)28-20(30-6)22(5,27)26-21(3,4)19-8-13(2)29-25-19/h1,8-12,20,26-27H,2-6H3. The molecule has 0 spiro atoms. The summed E-state index contributed by atoms with van der Waals surface area (Å²) in [6, 6.07) is 6.34. The highest BCUT2D eigenvalue weighted by atomic mass is 32.2. The van der Waals surface area contributed by atoms with Crippen molar-refractivity contribution in [2.24, 2.45) is 0 Å². The highest BCUT2D eigenvalue weighted by molar-refractivity contribution is 7.99. The molecule has 2 aromatic heterocycles. The fourth-order valence-electron chi connectivity index (χ4n) is 3.22. The van der Waals surface area contributed by atoms with E-state index in [0.29, 0.717) is 27.9 Å². The Kier molecular flexibility index (Phi) is 6.09. The van der Waals surface area contributed by atoms with E-state index in [0.717, 1.165) is 0 Å². The van der Waals surface area contributed by atoms with Crippen LogP contribution in [0.25, 0.3) is 10.9 Å². The van der Waals surface area contributed by atoms with Crippen molar-refractivity contribution in [1.29, 1.82) is 0 Å². The molecule has 6 nitrogen and oxygen atoms in total. The van der Waals surface area contributed by atoms with Crippen LogP contribution in [0.1, 0.15) is 37.8 Å². The van der Waals surface area contributed by atoms with Crippen molar-refractivity contribution < 1.29 is 18.8 Å². The topological polar surface area (TPSA) is 80.4 Å². The van der Waals surface area contributed by atoms with Crippen LogP contribution in [0, 0.1) is 25.1 Å². The fourth-order valence-corrected chi connectivity index (χ4v) is 3.94. The molecule has 2 heterocycles. The molecule has 3 rings (SSSR count). The van der Waals surface area contributed by atoms with E-state index >= 15 is 0 Å². The minimum absolute atomic E-state index is 0.00465. The molecule has 1 aromatic carbocycles. The number of hydrogen-bond donors (Lipinski definition) is 2. The van der Waals surface area contributed by atoms with Gasteiger partial charge in [0.2, 0.25) is 0 Å². The first-order valence-electron chi connectivity index (χ1n) is 9.26. The summed E-state index contributed by atoms with van der Waals surface area (Å²) in [6.45, 7) is 7.08. The first-order valence-corrected chi connectivity index (χ1v) is 10.6. The van der Waals surface area contributed by atoms with Crippen LogP contribution >= 0.6 is 11.8 Å². The van der Waals surface area contributed by atoms with Crippen molar-refractivity contribution in [3.8, 4) is 18.1 Å². The van der Waals surface area contributed by atoms with Gasteiger partial charge in [-0.25, -0.2) is 4.39 Å². The summed E-state index contributed by atoms with van der Waals surface area (Å²) in [4.78, 5) is 4.17. The Balaban J connectivity index is 1.88. The lowest BCUT2D eigenvalue weighted by Gasteiger charge is -2.39. The quantitative estimate of drug-likeness (QED) is 0.435. The number of aryl methyl sites for hydroxylation is 1. The van der Waals surface area contributed by atoms with Crippen molar-refractivity contribution in [1.82, 2.24) is 15.5 Å². The van der Waals surface area contributed by atoms with E-state index in [1.807, 2.05) is 13.8 Å². The second-order valence-electron chi connectivity index (χ2n) is 7.75. The van der Waals surface area contributed by atoms with Gasteiger partial charge < -0.3 is 14.4 Å². The Morgan fingerprint density at radius 2 is 2.03 bits per heavy atom. The summed E-state index contributed by atoms with van der Waals surface area (Å²) < 4.78 is 25.7. The number of thioether (sulfide) groups is 1. The molecule has 3 aromatic rings. The normalized spacial score (nSPS) is 14.9. The second kappa shape index (κ2) is 8.26. The van der Waals surface area contributed by atoms with Crippen LogP contribution in [0.15, 0.2) is 35.0 Å². The molecular weight excluding hydrogens is 405 g/mol. The number of benzene rings is 1. The third-order valence-corrected chi connectivity index (χ3v) is 5.63. The van der Waals surface area contributed by atoms with Crippen molar-refractivity contribution in [3.63, 3.8) is 0 Å². The van der Waals surface area contributed by atoms with E-state index in [-0.39, 0.29) is 5.75 Å². The first-order chi connectivity index (χ1) is 14.1. The molecule has 0 aliphatic carbocycles. The maximum Gasteiger partial charge on any atom is 0.186 e. The minimum Gasteiger partial charge on any atom is -0.472 e. The molecule has 2 atom stereocenters. The average Bonchev–Trinajstić information content (AvgIpc) is 3.12. The van der Waals surface area contributed by atoms with Gasteiger partial charge in [0.25, 0.3) is 0 Å². The number of rotatable bonds is 7. The maximum absolute atomic E-state index is 14.7. The molecule has 158 valence electrons. The number of aliphatic hydroxyl groups is 1. The highest BCUT2D eigenvalue weighted by Gasteiger charge is 2.40. The van der Waals surface area contributed by atoms with Gasteiger partial charge in [0.15, 0.2) is 22.7 Å².